The first-order chi connectivity index (χ1) is 11.6. The van der Waals surface area contributed by atoms with Crippen LogP contribution in [0.25, 0.3) is 5.69 Å². The summed E-state index contributed by atoms with van der Waals surface area (Å²) in [6, 6.07) is 16.5. The highest BCUT2D eigenvalue weighted by molar-refractivity contribution is 5.53. The summed E-state index contributed by atoms with van der Waals surface area (Å²) in [5, 5.41) is 20.2. The summed E-state index contributed by atoms with van der Waals surface area (Å²) in [7, 11) is 0. The van der Waals surface area contributed by atoms with Gasteiger partial charge in [0.05, 0.1) is 16.9 Å². The van der Waals surface area contributed by atoms with Crippen molar-refractivity contribution in [2.75, 3.05) is 0 Å². The molecule has 0 aliphatic carbocycles. The lowest BCUT2D eigenvalue weighted by Gasteiger charge is -2.01. The summed E-state index contributed by atoms with van der Waals surface area (Å²) < 4.78 is 1.43. The first-order valence-corrected chi connectivity index (χ1v) is 7.39. The lowest BCUT2D eigenvalue weighted by atomic mass is 10.2. The Bertz CT molecular complexity index is 1000. The Balaban J connectivity index is 2.01. The number of hydrogen-bond donors (Lipinski definition) is 1. The van der Waals surface area contributed by atoms with Crippen LogP contribution in [0.5, 0.6) is 0 Å². The number of nitrogens with zero attached hydrogens (tertiary/aromatic N) is 4. The van der Waals surface area contributed by atoms with Gasteiger partial charge in [0.1, 0.15) is 11.8 Å². The lowest BCUT2D eigenvalue weighted by molar-refractivity contribution is 0.835. The number of nitriles is 1. The van der Waals surface area contributed by atoms with Crippen molar-refractivity contribution < 1.29 is 0 Å². The summed E-state index contributed by atoms with van der Waals surface area (Å²) >= 11 is 0. The number of nitrogens with one attached hydrogen (secondary N) is 1. The Morgan fingerprint density at radius 3 is 2.46 bits per heavy atom. The van der Waals surface area contributed by atoms with Crippen LogP contribution < -0.4 is 5.56 Å². The molecule has 24 heavy (non-hydrogen) atoms. The van der Waals surface area contributed by atoms with E-state index >= 15 is 0 Å². The molecule has 6 nitrogen and oxygen atoms in total. The number of H-pyrrole nitrogens is 1. The van der Waals surface area contributed by atoms with E-state index in [-0.39, 0.29) is 11.2 Å². The molecular weight excluding hydrogens is 302 g/mol. The summed E-state index contributed by atoms with van der Waals surface area (Å²) in [5.41, 5.74) is 3.24. The number of aromatic nitrogens is 2. The standard InChI is InChI=1S/C18H15N5O/c1-12-7-9-15(10-8-12)23-18(24)17(13(2)22-23)21-20-16-6-4-3-5-14(16)11-19/h3-10,22H,1-2H3. The minimum atomic E-state index is -0.283. The van der Waals surface area contributed by atoms with E-state index in [2.05, 4.69) is 21.4 Å². The molecule has 0 amide bonds. The van der Waals surface area contributed by atoms with Crippen molar-refractivity contribution >= 4 is 11.4 Å². The highest BCUT2D eigenvalue weighted by atomic mass is 16.1. The van der Waals surface area contributed by atoms with Crippen LogP contribution in [-0.4, -0.2) is 9.78 Å². The van der Waals surface area contributed by atoms with E-state index in [1.165, 1.54) is 4.68 Å². The van der Waals surface area contributed by atoms with Crippen LogP contribution in [0.2, 0.25) is 0 Å². The van der Waals surface area contributed by atoms with Crippen molar-refractivity contribution in [1.29, 1.82) is 5.26 Å². The predicted octanol–water partition coefficient (Wildman–Crippen LogP) is 4.07. The molecule has 0 fully saturated rings. The molecule has 6 heteroatoms. The Morgan fingerprint density at radius 1 is 1.04 bits per heavy atom. The van der Waals surface area contributed by atoms with Crippen LogP contribution in [0, 0.1) is 25.2 Å². The van der Waals surface area contributed by atoms with E-state index in [0.29, 0.717) is 16.9 Å². The zero-order valence-electron chi connectivity index (χ0n) is 13.3. The minimum absolute atomic E-state index is 0.225. The summed E-state index contributed by atoms with van der Waals surface area (Å²) in [4.78, 5) is 12.6. The molecular formula is C18H15N5O. The van der Waals surface area contributed by atoms with Gasteiger partial charge in [-0.05, 0) is 38.1 Å². The Morgan fingerprint density at radius 2 is 1.75 bits per heavy atom. The van der Waals surface area contributed by atoms with Crippen molar-refractivity contribution in [3.63, 3.8) is 0 Å². The monoisotopic (exact) mass is 317 g/mol. The van der Waals surface area contributed by atoms with E-state index in [4.69, 9.17) is 5.26 Å². The number of benzene rings is 2. The highest BCUT2D eigenvalue weighted by Crippen LogP contribution is 2.21. The van der Waals surface area contributed by atoms with Crippen LogP contribution in [0.3, 0.4) is 0 Å². The molecule has 0 saturated carbocycles. The van der Waals surface area contributed by atoms with Gasteiger partial charge in [-0.2, -0.15) is 5.26 Å². The summed E-state index contributed by atoms with van der Waals surface area (Å²) in [6.07, 6.45) is 0. The van der Waals surface area contributed by atoms with E-state index in [0.717, 1.165) is 11.3 Å². The lowest BCUT2D eigenvalue weighted by Crippen LogP contribution is -2.13. The summed E-state index contributed by atoms with van der Waals surface area (Å²) in [6.45, 7) is 3.75. The molecule has 3 aromatic rings. The van der Waals surface area contributed by atoms with Crippen molar-refractivity contribution in [3.8, 4) is 11.8 Å². The number of aryl methyl sites for hydroxylation is 2. The molecule has 0 bridgehead atoms. The van der Waals surface area contributed by atoms with Gasteiger partial charge in [-0.1, -0.05) is 29.8 Å². The van der Waals surface area contributed by atoms with Crippen molar-refractivity contribution in [1.82, 2.24) is 9.78 Å². The molecule has 0 unspecified atom stereocenters. The Hall–Kier alpha value is -3.46. The van der Waals surface area contributed by atoms with Crippen LogP contribution in [-0.2, 0) is 0 Å². The van der Waals surface area contributed by atoms with E-state index in [1.807, 2.05) is 31.2 Å². The topological polar surface area (TPSA) is 86.3 Å². The zero-order chi connectivity index (χ0) is 17.1. The third-order valence-electron chi connectivity index (χ3n) is 3.61. The van der Waals surface area contributed by atoms with Crippen molar-refractivity contribution in [2.24, 2.45) is 10.2 Å². The van der Waals surface area contributed by atoms with Gasteiger partial charge in [-0.25, -0.2) is 4.68 Å². The molecule has 3 rings (SSSR count). The van der Waals surface area contributed by atoms with Crippen LogP contribution in [0.15, 0.2) is 63.6 Å². The molecule has 2 aromatic carbocycles. The third kappa shape index (κ3) is 2.88. The fourth-order valence-corrected chi connectivity index (χ4v) is 2.29. The fourth-order valence-electron chi connectivity index (χ4n) is 2.29. The Labute approximate surface area is 138 Å². The van der Waals surface area contributed by atoms with E-state index in [1.54, 1.807) is 31.2 Å². The van der Waals surface area contributed by atoms with Gasteiger partial charge in [-0.15, -0.1) is 10.2 Å². The first kappa shape index (κ1) is 15.4. The van der Waals surface area contributed by atoms with Crippen molar-refractivity contribution in [2.45, 2.75) is 13.8 Å². The molecule has 0 atom stereocenters. The molecule has 0 aliphatic heterocycles. The third-order valence-corrected chi connectivity index (χ3v) is 3.61. The molecule has 0 aliphatic rings. The number of rotatable bonds is 3. The molecule has 118 valence electrons. The molecule has 1 N–H and O–H groups in total. The maximum atomic E-state index is 12.6. The second kappa shape index (κ2) is 6.34. The molecule has 0 saturated heterocycles. The maximum Gasteiger partial charge on any atom is 0.299 e. The predicted molar refractivity (Wildman–Crippen MR) is 91.2 cm³/mol. The van der Waals surface area contributed by atoms with E-state index in [9.17, 15) is 4.79 Å². The van der Waals surface area contributed by atoms with Gasteiger partial charge in [-0.3, -0.25) is 9.89 Å². The first-order valence-electron chi connectivity index (χ1n) is 7.39. The van der Waals surface area contributed by atoms with Gasteiger partial charge in [0.2, 0.25) is 0 Å². The molecule has 1 heterocycles. The highest BCUT2D eigenvalue weighted by Gasteiger charge is 2.12. The maximum absolute atomic E-state index is 12.6. The van der Waals surface area contributed by atoms with Gasteiger partial charge in [0, 0.05) is 0 Å². The minimum Gasteiger partial charge on any atom is -0.293 e. The average Bonchev–Trinajstić information content (AvgIpc) is 2.88. The summed E-state index contributed by atoms with van der Waals surface area (Å²) in [5.74, 6) is 0. The zero-order valence-corrected chi connectivity index (χ0v) is 13.3. The van der Waals surface area contributed by atoms with E-state index < -0.39 is 0 Å². The Kier molecular flexibility index (Phi) is 4.08. The van der Waals surface area contributed by atoms with Crippen molar-refractivity contribution in [3.05, 3.63) is 75.7 Å². The van der Waals surface area contributed by atoms with Gasteiger partial charge < -0.3 is 0 Å². The SMILES string of the molecule is Cc1ccc(-n2[nH]c(C)c(N=Nc3ccccc3C#N)c2=O)cc1. The number of azo groups is 1. The van der Waals surface area contributed by atoms with Crippen LogP contribution in [0.4, 0.5) is 11.4 Å². The van der Waals surface area contributed by atoms with Gasteiger partial charge in [0.15, 0.2) is 5.69 Å². The van der Waals surface area contributed by atoms with Crippen LogP contribution in [0.1, 0.15) is 16.8 Å². The van der Waals surface area contributed by atoms with Gasteiger partial charge in [0.25, 0.3) is 5.56 Å². The average molecular weight is 317 g/mol. The molecule has 0 radical (unpaired) electrons. The second-order valence-electron chi connectivity index (χ2n) is 5.39. The quantitative estimate of drug-likeness (QED) is 0.738. The van der Waals surface area contributed by atoms with Gasteiger partial charge >= 0.3 is 0 Å². The largest absolute Gasteiger partial charge is 0.299 e. The fraction of sp³-hybridized carbons (Fsp3) is 0.111. The number of hydrogen-bond acceptors (Lipinski definition) is 4. The second-order valence-corrected chi connectivity index (χ2v) is 5.39. The smallest absolute Gasteiger partial charge is 0.293 e. The van der Waals surface area contributed by atoms with Crippen LogP contribution >= 0.6 is 0 Å². The molecule has 1 aromatic heterocycles. The normalized spacial score (nSPS) is 10.9. The molecule has 0 spiro atoms. The number of aromatic amines is 1.